The van der Waals surface area contributed by atoms with E-state index >= 15 is 0 Å². The SMILES string of the molecule is CC(=O)OCCNCC(=O)OC(C)(C)C(=O)O.[W]. The van der Waals surface area contributed by atoms with Crippen LogP contribution in [0, 0.1) is 0 Å². The molecule has 0 saturated carbocycles. The summed E-state index contributed by atoms with van der Waals surface area (Å²) >= 11 is 0. The maximum absolute atomic E-state index is 11.2. The van der Waals surface area contributed by atoms with Gasteiger partial charge in [-0.15, -0.1) is 0 Å². The van der Waals surface area contributed by atoms with Gasteiger partial charge in [0.15, 0.2) is 0 Å². The van der Waals surface area contributed by atoms with Crippen molar-refractivity contribution < 1.29 is 50.0 Å². The minimum Gasteiger partial charge on any atom is -0.478 e. The zero-order valence-corrected chi connectivity index (χ0v) is 13.5. The molecule has 7 nitrogen and oxygen atoms in total. The average molecular weight is 431 g/mol. The van der Waals surface area contributed by atoms with Gasteiger partial charge in [-0.3, -0.25) is 9.59 Å². The first-order valence-electron chi connectivity index (χ1n) is 5.05. The first kappa shape index (κ1) is 19.4. The monoisotopic (exact) mass is 431 g/mol. The molecule has 0 heterocycles. The molecule has 0 radical (unpaired) electrons. The van der Waals surface area contributed by atoms with Gasteiger partial charge in [0.1, 0.15) is 6.61 Å². The molecule has 0 aromatic heterocycles. The fourth-order valence-electron chi connectivity index (χ4n) is 0.822. The number of nitrogens with one attached hydrogen (secondary N) is 1. The van der Waals surface area contributed by atoms with Crippen LogP contribution < -0.4 is 5.32 Å². The van der Waals surface area contributed by atoms with Gasteiger partial charge in [-0.25, -0.2) is 4.79 Å². The van der Waals surface area contributed by atoms with E-state index in [1.54, 1.807) is 0 Å². The van der Waals surface area contributed by atoms with Gasteiger partial charge >= 0.3 is 17.9 Å². The maximum atomic E-state index is 11.2. The molecule has 0 spiro atoms. The summed E-state index contributed by atoms with van der Waals surface area (Å²) in [4.78, 5) is 32.3. The van der Waals surface area contributed by atoms with E-state index in [2.05, 4.69) is 10.1 Å². The molecule has 0 aliphatic carbocycles. The Morgan fingerprint density at radius 1 is 1.28 bits per heavy atom. The van der Waals surface area contributed by atoms with Crippen LogP contribution in [0.1, 0.15) is 20.8 Å². The summed E-state index contributed by atoms with van der Waals surface area (Å²) in [5, 5.41) is 11.4. The molecule has 18 heavy (non-hydrogen) atoms. The molecular weight excluding hydrogens is 414 g/mol. The molecule has 0 saturated heterocycles. The Kier molecular flexibility index (Phi) is 9.75. The van der Waals surface area contributed by atoms with Crippen LogP contribution >= 0.6 is 0 Å². The number of aliphatic carboxylic acids is 1. The van der Waals surface area contributed by atoms with Gasteiger partial charge in [0, 0.05) is 34.5 Å². The predicted molar refractivity (Wildman–Crippen MR) is 57.3 cm³/mol. The molecule has 0 amide bonds. The molecular formula is C10H17NO6W. The second kappa shape index (κ2) is 9.05. The van der Waals surface area contributed by atoms with E-state index in [1.165, 1.54) is 20.8 Å². The Hall–Kier alpha value is -0.942. The van der Waals surface area contributed by atoms with E-state index in [-0.39, 0.29) is 34.2 Å². The molecule has 0 aromatic carbocycles. The van der Waals surface area contributed by atoms with Crippen molar-refractivity contribution >= 4 is 17.9 Å². The first-order chi connectivity index (χ1) is 7.75. The van der Waals surface area contributed by atoms with E-state index in [0.717, 1.165) is 0 Å². The van der Waals surface area contributed by atoms with Crippen LogP contribution in [0.5, 0.6) is 0 Å². The predicted octanol–water partition coefficient (Wildman–Crippen LogP) is -0.457. The number of esters is 2. The summed E-state index contributed by atoms with van der Waals surface area (Å²) in [6.45, 7) is 4.15. The van der Waals surface area contributed by atoms with E-state index in [9.17, 15) is 14.4 Å². The van der Waals surface area contributed by atoms with Gasteiger partial charge in [0.2, 0.25) is 5.60 Å². The molecule has 0 fully saturated rings. The Balaban J connectivity index is 0. The Bertz CT molecular complexity index is 305. The van der Waals surface area contributed by atoms with Crippen molar-refractivity contribution in [2.75, 3.05) is 19.7 Å². The number of hydrogen-bond acceptors (Lipinski definition) is 6. The quantitative estimate of drug-likeness (QED) is 0.416. The molecule has 8 heteroatoms. The van der Waals surface area contributed by atoms with E-state index in [4.69, 9.17) is 9.84 Å². The molecule has 0 bridgehead atoms. The molecule has 0 aliphatic rings. The average Bonchev–Trinajstić information content (AvgIpc) is 2.15. The molecule has 0 atom stereocenters. The largest absolute Gasteiger partial charge is 0.478 e. The number of carbonyl (C=O) groups excluding carboxylic acids is 2. The molecule has 0 aromatic rings. The minimum atomic E-state index is -1.55. The summed E-state index contributed by atoms with van der Waals surface area (Å²) in [6, 6.07) is 0. The zero-order valence-electron chi connectivity index (χ0n) is 10.5. The van der Waals surface area contributed by atoms with Gasteiger partial charge in [-0.2, -0.15) is 0 Å². The Morgan fingerprint density at radius 3 is 2.28 bits per heavy atom. The molecule has 104 valence electrons. The normalized spacial score (nSPS) is 10.2. The third-order valence-corrected chi connectivity index (χ3v) is 1.74. The maximum Gasteiger partial charge on any atom is 0.347 e. The van der Waals surface area contributed by atoms with Crippen molar-refractivity contribution in [3.05, 3.63) is 0 Å². The molecule has 0 unspecified atom stereocenters. The summed E-state index contributed by atoms with van der Waals surface area (Å²) in [6.07, 6.45) is 0. The Labute approximate surface area is 119 Å². The van der Waals surface area contributed by atoms with Crippen LogP contribution in [-0.2, 0) is 44.9 Å². The molecule has 0 aliphatic heterocycles. The van der Waals surface area contributed by atoms with Gasteiger partial charge in [-0.05, 0) is 13.8 Å². The number of carboxylic acids is 1. The van der Waals surface area contributed by atoms with E-state index < -0.39 is 23.5 Å². The van der Waals surface area contributed by atoms with Crippen LogP contribution in [0.4, 0.5) is 0 Å². The minimum absolute atomic E-state index is 0. The van der Waals surface area contributed by atoms with Gasteiger partial charge in [0.05, 0.1) is 6.54 Å². The number of carbonyl (C=O) groups is 3. The van der Waals surface area contributed by atoms with Crippen molar-refractivity contribution in [3.8, 4) is 0 Å². The smallest absolute Gasteiger partial charge is 0.347 e. The summed E-state index contributed by atoms with van der Waals surface area (Å²) < 4.78 is 9.33. The second-order valence-corrected chi connectivity index (χ2v) is 3.81. The second-order valence-electron chi connectivity index (χ2n) is 3.81. The zero-order chi connectivity index (χ0) is 13.5. The van der Waals surface area contributed by atoms with Crippen LogP contribution in [0.15, 0.2) is 0 Å². The fraction of sp³-hybridized carbons (Fsp3) is 0.700. The Morgan fingerprint density at radius 2 is 1.83 bits per heavy atom. The third-order valence-electron chi connectivity index (χ3n) is 1.74. The number of rotatable bonds is 7. The topological polar surface area (TPSA) is 102 Å². The van der Waals surface area contributed by atoms with Crippen LogP contribution in [0.3, 0.4) is 0 Å². The standard InChI is InChI=1S/C10H17NO6.W/c1-7(12)16-5-4-11-6-8(13)17-10(2,3)9(14)15;/h11H,4-6H2,1-3H3,(H,14,15);. The first-order valence-corrected chi connectivity index (χ1v) is 5.05. The van der Waals surface area contributed by atoms with Crippen LogP contribution in [0.2, 0.25) is 0 Å². The van der Waals surface area contributed by atoms with E-state index in [0.29, 0.717) is 6.54 Å². The third kappa shape index (κ3) is 9.13. The van der Waals surface area contributed by atoms with Gasteiger partial charge in [0.25, 0.3) is 0 Å². The van der Waals surface area contributed by atoms with Crippen molar-refractivity contribution in [1.29, 1.82) is 0 Å². The number of ether oxygens (including phenoxy) is 2. The van der Waals surface area contributed by atoms with Crippen molar-refractivity contribution in [1.82, 2.24) is 5.32 Å². The number of hydrogen-bond donors (Lipinski definition) is 2. The van der Waals surface area contributed by atoms with E-state index in [1.807, 2.05) is 0 Å². The molecule has 2 N–H and O–H groups in total. The van der Waals surface area contributed by atoms with Gasteiger partial charge in [-0.1, -0.05) is 0 Å². The van der Waals surface area contributed by atoms with Crippen LogP contribution in [0.25, 0.3) is 0 Å². The summed E-state index contributed by atoms with van der Waals surface area (Å²) in [5.41, 5.74) is -1.55. The van der Waals surface area contributed by atoms with Crippen molar-refractivity contribution in [2.24, 2.45) is 0 Å². The van der Waals surface area contributed by atoms with Gasteiger partial charge < -0.3 is 19.9 Å². The van der Waals surface area contributed by atoms with Crippen molar-refractivity contribution in [3.63, 3.8) is 0 Å². The number of carboxylic acid groups (broad SMARTS) is 1. The molecule has 0 rings (SSSR count). The van der Waals surface area contributed by atoms with Crippen molar-refractivity contribution in [2.45, 2.75) is 26.4 Å². The fourth-order valence-corrected chi connectivity index (χ4v) is 0.822. The summed E-state index contributed by atoms with van der Waals surface area (Å²) in [7, 11) is 0. The summed E-state index contributed by atoms with van der Waals surface area (Å²) in [5.74, 6) is -2.30. The van der Waals surface area contributed by atoms with Crippen LogP contribution in [-0.4, -0.2) is 48.3 Å².